The maximum Gasteiger partial charge on any atom is 0.145 e. The van der Waals surface area contributed by atoms with Crippen LogP contribution >= 0.6 is 0 Å². The third-order valence-corrected chi connectivity index (χ3v) is 13.9. The summed E-state index contributed by atoms with van der Waals surface area (Å²) in [5, 5.41) is 4.66. The molecule has 0 aliphatic rings. The lowest BCUT2D eigenvalue weighted by molar-refractivity contribution is 0.507. The summed E-state index contributed by atoms with van der Waals surface area (Å²) in [6, 6.07) is 62.1. The van der Waals surface area contributed by atoms with Crippen molar-refractivity contribution in [3.63, 3.8) is 0 Å². The first-order valence-electron chi connectivity index (χ1n) is 21.8. The van der Waals surface area contributed by atoms with Crippen LogP contribution in [0.3, 0.4) is 0 Å². The molecule has 4 heterocycles. The van der Waals surface area contributed by atoms with Gasteiger partial charge in [-0.1, -0.05) is 151 Å². The quantitative estimate of drug-likeness (QED) is 0.138. The first kappa shape index (κ1) is 38.4. The lowest BCUT2D eigenvalue weighted by atomic mass is 9.65. The summed E-state index contributed by atoms with van der Waals surface area (Å²) in [5.74, 6) is 0. The highest BCUT2D eigenvalue weighted by Gasteiger charge is 2.40. The third kappa shape index (κ3) is 6.11. The summed E-state index contributed by atoms with van der Waals surface area (Å²) in [7, 11) is 0. The Hall–Kier alpha value is -6.78. The Morgan fingerprint density at radius 2 is 0.721 bits per heavy atom. The Balaban J connectivity index is 1.33. The van der Waals surface area contributed by atoms with E-state index in [1.54, 1.807) is 0 Å². The Kier molecular flexibility index (Phi) is 9.29. The summed E-state index contributed by atoms with van der Waals surface area (Å²) < 4.78 is 4.65. The molecule has 4 nitrogen and oxygen atoms in total. The molecule has 0 radical (unpaired) electrons. The lowest BCUT2D eigenvalue weighted by Crippen LogP contribution is -2.31. The van der Waals surface area contributed by atoms with E-state index in [2.05, 4.69) is 233 Å². The molecule has 6 aromatic carbocycles. The SMILES string of the molecule is CCC(C)(C)c1ccc2c(c1)c1cc(C(c3ccccc3)(c3ccccc3)c3cnc4c(c3)c3cc(C(C)(C)CC)ccc3n4-c3ccccc3)cnc1n2-c1ccccc1. The van der Waals surface area contributed by atoms with Crippen LogP contribution in [0.25, 0.3) is 55.2 Å². The minimum Gasteiger partial charge on any atom is -0.294 e. The number of fused-ring (bicyclic) bond motifs is 6. The molecule has 4 aromatic heterocycles. The van der Waals surface area contributed by atoms with E-state index in [-0.39, 0.29) is 10.8 Å². The van der Waals surface area contributed by atoms with Crippen LogP contribution in [0.2, 0.25) is 0 Å². The zero-order valence-electron chi connectivity index (χ0n) is 36.0. The van der Waals surface area contributed by atoms with Crippen molar-refractivity contribution in [2.45, 2.75) is 70.6 Å². The second kappa shape index (κ2) is 14.7. The van der Waals surface area contributed by atoms with Gasteiger partial charge in [-0.25, -0.2) is 9.97 Å². The van der Waals surface area contributed by atoms with Gasteiger partial charge in [0.25, 0.3) is 0 Å². The van der Waals surface area contributed by atoms with Gasteiger partial charge >= 0.3 is 0 Å². The minimum atomic E-state index is -0.770. The molecule has 0 saturated heterocycles. The van der Waals surface area contributed by atoms with E-state index in [1.807, 2.05) is 0 Å². The molecule has 0 atom stereocenters. The van der Waals surface area contributed by atoms with Crippen molar-refractivity contribution in [1.82, 2.24) is 19.1 Å². The standard InChI is InChI=1S/C57H52N4/c1-7-55(3,4)41-29-31-51-47(33-41)49-35-43(37-58-53(49)60(51)45-25-17-11-18-26-45)57(39-21-13-9-14-22-39,40-23-15-10-16-24-40)44-36-50-48-34-42(56(5,6)8-2)30-32-52(48)61(54(50)59-38-44)46-27-19-12-20-28-46/h9-38H,7-8H2,1-6H3. The zero-order chi connectivity index (χ0) is 41.9. The van der Waals surface area contributed by atoms with Gasteiger partial charge < -0.3 is 0 Å². The minimum absolute atomic E-state index is 0.0183. The fraction of sp³-hybridized carbons (Fsp3) is 0.193. The van der Waals surface area contributed by atoms with Gasteiger partial charge in [0.05, 0.1) is 16.4 Å². The Morgan fingerprint density at radius 1 is 0.377 bits per heavy atom. The molecule has 0 saturated carbocycles. The summed E-state index contributed by atoms with van der Waals surface area (Å²) in [5.41, 5.74) is 12.8. The van der Waals surface area contributed by atoms with Crippen molar-refractivity contribution >= 4 is 43.9 Å². The molecule has 0 aliphatic heterocycles. The smallest absolute Gasteiger partial charge is 0.145 e. The van der Waals surface area contributed by atoms with Crippen LogP contribution < -0.4 is 0 Å². The molecule has 0 aliphatic carbocycles. The predicted molar refractivity (Wildman–Crippen MR) is 256 cm³/mol. The van der Waals surface area contributed by atoms with E-state index < -0.39 is 5.41 Å². The first-order chi connectivity index (χ1) is 29.7. The predicted octanol–water partition coefficient (Wildman–Crippen LogP) is 14.4. The van der Waals surface area contributed by atoms with Crippen molar-refractivity contribution in [1.29, 1.82) is 0 Å². The topological polar surface area (TPSA) is 35.6 Å². The van der Waals surface area contributed by atoms with E-state index in [0.717, 1.165) is 79.6 Å². The van der Waals surface area contributed by atoms with Crippen molar-refractivity contribution in [2.75, 3.05) is 0 Å². The fourth-order valence-corrected chi connectivity index (χ4v) is 9.50. The van der Waals surface area contributed by atoms with Crippen LogP contribution in [0.4, 0.5) is 0 Å². The maximum atomic E-state index is 5.49. The van der Waals surface area contributed by atoms with Crippen LogP contribution in [0.5, 0.6) is 0 Å². The summed E-state index contributed by atoms with van der Waals surface area (Å²) in [6.07, 6.45) is 6.32. The molecular weight excluding hydrogens is 741 g/mol. The molecule has 10 rings (SSSR count). The van der Waals surface area contributed by atoms with Crippen molar-refractivity contribution in [3.05, 3.63) is 216 Å². The fourth-order valence-electron chi connectivity index (χ4n) is 9.50. The highest BCUT2D eigenvalue weighted by molar-refractivity contribution is 6.10. The van der Waals surface area contributed by atoms with Gasteiger partial charge in [-0.2, -0.15) is 0 Å². The Bertz CT molecular complexity index is 2970. The average molecular weight is 793 g/mol. The van der Waals surface area contributed by atoms with Crippen molar-refractivity contribution in [3.8, 4) is 11.4 Å². The molecule has 300 valence electrons. The van der Waals surface area contributed by atoms with Crippen LogP contribution in [-0.2, 0) is 16.2 Å². The van der Waals surface area contributed by atoms with E-state index in [0.29, 0.717) is 0 Å². The number of hydrogen-bond donors (Lipinski definition) is 0. The number of rotatable bonds is 10. The van der Waals surface area contributed by atoms with Gasteiger partial charge in [0, 0.05) is 45.3 Å². The largest absolute Gasteiger partial charge is 0.294 e. The monoisotopic (exact) mass is 792 g/mol. The Labute approximate surface area is 359 Å². The van der Waals surface area contributed by atoms with Crippen LogP contribution in [0.1, 0.15) is 87.8 Å². The number of pyridine rings is 2. The van der Waals surface area contributed by atoms with Gasteiger partial charge in [-0.15, -0.1) is 0 Å². The van der Waals surface area contributed by atoms with Crippen LogP contribution in [-0.4, -0.2) is 19.1 Å². The average Bonchev–Trinajstić information content (AvgIpc) is 3.82. The molecule has 0 amide bonds. The van der Waals surface area contributed by atoms with Gasteiger partial charge in [0.2, 0.25) is 0 Å². The van der Waals surface area contributed by atoms with Crippen molar-refractivity contribution in [2.24, 2.45) is 0 Å². The molecule has 61 heavy (non-hydrogen) atoms. The van der Waals surface area contributed by atoms with E-state index in [1.165, 1.54) is 21.9 Å². The van der Waals surface area contributed by atoms with E-state index in [9.17, 15) is 0 Å². The number of benzene rings is 6. The number of nitrogens with zero attached hydrogens (tertiary/aromatic N) is 4. The second-order valence-electron chi connectivity index (χ2n) is 18.0. The summed E-state index contributed by atoms with van der Waals surface area (Å²) >= 11 is 0. The first-order valence-corrected chi connectivity index (χ1v) is 21.8. The highest BCUT2D eigenvalue weighted by atomic mass is 15.1. The summed E-state index contributed by atoms with van der Waals surface area (Å²) in [6.45, 7) is 13.9. The zero-order valence-corrected chi connectivity index (χ0v) is 36.0. The number of aromatic nitrogens is 4. The molecule has 0 N–H and O–H groups in total. The van der Waals surface area contributed by atoms with E-state index in [4.69, 9.17) is 9.97 Å². The van der Waals surface area contributed by atoms with Gasteiger partial charge in [0.15, 0.2) is 0 Å². The van der Waals surface area contributed by atoms with Crippen LogP contribution in [0.15, 0.2) is 182 Å². The molecule has 0 unspecified atom stereocenters. The molecular formula is C57H52N4. The number of para-hydroxylation sites is 2. The Morgan fingerprint density at radius 3 is 1.08 bits per heavy atom. The van der Waals surface area contributed by atoms with Crippen molar-refractivity contribution < 1.29 is 0 Å². The molecule has 0 fully saturated rings. The normalized spacial score (nSPS) is 12.6. The molecule has 4 heteroatoms. The summed E-state index contributed by atoms with van der Waals surface area (Å²) in [4.78, 5) is 11.0. The van der Waals surface area contributed by atoms with E-state index >= 15 is 0 Å². The number of hydrogen-bond acceptors (Lipinski definition) is 2. The second-order valence-corrected chi connectivity index (χ2v) is 18.0. The third-order valence-electron chi connectivity index (χ3n) is 13.9. The lowest BCUT2D eigenvalue weighted by Gasteiger charge is -2.36. The molecule has 0 bridgehead atoms. The molecule has 0 spiro atoms. The van der Waals surface area contributed by atoms with Gasteiger partial charge in [-0.3, -0.25) is 9.13 Å². The van der Waals surface area contributed by atoms with Gasteiger partial charge in [-0.05, 0) is 118 Å². The van der Waals surface area contributed by atoms with Crippen LogP contribution in [0, 0.1) is 0 Å². The van der Waals surface area contributed by atoms with Gasteiger partial charge in [0.1, 0.15) is 11.3 Å². The highest BCUT2D eigenvalue weighted by Crippen LogP contribution is 2.48. The maximum absolute atomic E-state index is 5.49. The molecule has 10 aromatic rings.